The van der Waals surface area contributed by atoms with Gasteiger partial charge in [-0.1, -0.05) is 38.1 Å². The zero-order valence-corrected chi connectivity index (χ0v) is 12.3. The van der Waals surface area contributed by atoms with Crippen LogP contribution in [0.25, 0.3) is 10.9 Å². The topological polar surface area (TPSA) is 33.1 Å². The number of rotatable bonds is 2. The lowest BCUT2D eigenvalue weighted by Gasteiger charge is -2.40. The van der Waals surface area contributed by atoms with E-state index in [2.05, 4.69) is 32.0 Å². The third-order valence-electron chi connectivity index (χ3n) is 4.89. The highest BCUT2D eigenvalue weighted by Gasteiger charge is 2.38. The van der Waals surface area contributed by atoms with Gasteiger partial charge in [0.1, 0.15) is 0 Å². The highest BCUT2D eigenvalue weighted by molar-refractivity contribution is 5.78. The SMILES string of the molecule is CC1CCC(O)(Cc2ccc3ccccc3n2)C(C)C1. The van der Waals surface area contributed by atoms with Crippen LogP contribution in [0.1, 0.15) is 38.8 Å². The monoisotopic (exact) mass is 269 g/mol. The molecule has 1 heterocycles. The van der Waals surface area contributed by atoms with Crippen LogP contribution in [0, 0.1) is 11.8 Å². The van der Waals surface area contributed by atoms with Gasteiger partial charge in [0.05, 0.1) is 11.1 Å². The van der Waals surface area contributed by atoms with Crippen LogP contribution in [0.5, 0.6) is 0 Å². The van der Waals surface area contributed by atoms with Crippen molar-refractivity contribution in [2.75, 3.05) is 0 Å². The van der Waals surface area contributed by atoms with E-state index in [0.717, 1.165) is 41.8 Å². The first-order valence-electron chi connectivity index (χ1n) is 7.64. The Hall–Kier alpha value is -1.41. The molecule has 106 valence electrons. The van der Waals surface area contributed by atoms with Crippen LogP contribution in [0.3, 0.4) is 0 Å². The molecular weight excluding hydrogens is 246 g/mol. The van der Waals surface area contributed by atoms with Gasteiger partial charge < -0.3 is 5.11 Å². The van der Waals surface area contributed by atoms with Crippen LogP contribution >= 0.6 is 0 Å². The maximum atomic E-state index is 10.9. The molecule has 3 atom stereocenters. The van der Waals surface area contributed by atoms with E-state index in [-0.39, 0.29) is 0 Å². The van der Waals surface area contributed by atoms with Crippen molar-refractivity contribution in [3.05, 3.63) is 42.1 Å². The first kappa shape index (κ1) is 13.6. The van der Waals surface area contributed by atoms with Crippen molar-refractivity contribution in [2.24, 2.45) is 11.8 Å². The molecule has 1 N–H and O–H groups in total. The molecule has 2 heteroatoms. The summed E-state index contributed by atoms with van der Waals surface area (Å²) in [4.78, 5) is 4.71. The van der Waals surface area contributed by atoms with Crippen molar-refractivity contribution in [3.63, 3.8) is 0 Å². The zero-order valence-electron chi connectivity index (χ0n) is 12.3. The van der Waals surface area contributed by atoms with Crippen molar-refractivity contribution >= 4 is 10.9 Å². The van der Waals surface area contributed by atoms with Crippen molar-refractivity contribution in [2.45, 2.75) is 45.1 Å². The number of fused-ring (bicyclic) bond motifs is 1. The lowest BCUT2D eigenvalue weighted by molar-refractivity contribution is -0.0528. The van der Waals surface area contributed by atoms with Gasteiger partial charge in [0.15, 0.2) is 0 Å². The second kappa shape index (κ2) is 5.17. The van der Waals surface area contributed by atoms with E-state index in [1.807, 2.05) is 18.2 Å². The number of nitrogens with zero attached hydrogens (tertiary/aromatic N) is 1. The Labute approximate surface area is 120 Å². The molecule has 0 spiro atoms. The molecule has 0 bridgehead atoms. The third-order valence-corrected chi connectivity index (χ3v) is 4.89. The Morgan fingerprint density at radius 1 is 1.20 bits per heavy atom. The van der Waals surface area contributed by atoms with Crippen molar-refractivity contribution < 1.29 is 5.11 Å². The van der Waals surface area contributed by atoms with Gasteiger partial charge in [0, 0.05) is 17.5 Å². The van der Waals surface area contributed by atoms with Gasteiger partial charge in [-0.05, 0) is 43.2 Å². The number of hydrogen-bond donors (Lipinski definition) is 1. The molecule has 1 saturated carbocycles. The maximum absolute atomic E-state index is 10.9. The average Bonchev–Trinajstić information content (AvgIpc) is 2.44. The van der Waals surface area contributed by atoms with Crippen LogP contribution < -0.4 is 0 Å². The van der Waals surface area contributed by atoms with Crippen molar-refractivity contribution in [1.82, 2.24) is 4.98 Å². The van der Waals surface area contributed by atoms with Gasteiger partial charge in [-0.25, -0.2) is 0 Å². The van der Waals surface area contributed by atoms with Crippen LogP contribution in [-0.4, -0.2) is 15.7 Å². The van der Waals surface area contributed by atoms with E-state index < -0.39 is 5.60 Å². The van der Waals surface area contributed by atoms with Crippen LogP contribution in [0.15, 0.2) is 36.4 Å². The van der Waals surface area contributed by atoms with Gasteiger partial charge in [-0.3, -0.25) is 4.98 Å². The summed E-state index contributed by atoms with van der Waals surface area (Å²) in [6.45, 7) is 4.46. The molecule has 3 rings (SSSR count). The number of para-hydroxylation sites is 1. The molecule has 1 fully saturated rings. The van der Waals surface area contributed by atoms with E-state index in [1.165, 1.54) is 0 Å². The molecular formula is C18H23NO. The summed E-state index contributed by atoms with van der Waals surface area (Å²) in [6.07, 6.45) is 3.80. The first-order chi connectivity index (χ1) is 9.57. The van der Waals surface area contributed by atoms with Crippen LogP contribution in [0.4, 0.5) is 0 Å². The van der Waals surface area contributed by atoms with Crippen LogP contribution in [-0.2, 0) is 6.42 Å². The summed E-state index contributed by atoms with van der Waals surface area (Å²) in [6, 6.07) is 12.3. The lowest BCUT2D eigenvalue weighted by atomic mass is 9.70. The van der Waals surface area contributed by atoms with Gasteiger partial charge in [-0.15, -0.1) is 0 Å². The minimum atomic E-state index is -0.581. The highest BCUT2D eigenvalue weighted by atomic mass is 16.3. The fourth-order valence-electron chi connectivity index (χ4n) is 3.47. The minimum Gasteiger partial charge on any atom is -0.389 e. The summed E-state index contributed by atoms with van der Waals surface area (Å²) in [5.74, 6) is 1.08. The van der Waals surface area contributed by atoms with Crippen LogP contribution in [0.2, 0.25) is 0 Å². The van der Waals surface area contributed by atoms with E-state index >= 15 is 0 Å². The Kier molecular flexibility index (Phi) is 3.51. The minimum absolute atomic E-state index is 0.347. The second-order valence-electron chi connectivity index (χ2n) is 6.56. The second-order valence-corrected chi connectivity index (χ2v) is 6.56. The normalized spacial score (nSPS) is 30.6. The summed E-state index contributed by atoms with van der Waals surface area (Å²) < 4.78 is 0. The van der Waals surface area contributed by atoms with E-state index in [9.17, 15) is 5.11 Å². The predicted octanol–water partition coefficient (Wildman–Crippen LogP) is 3.96. The smallest absolute Gasteiger partial charge is 0.0728 e. The van der Waals surface area contributed by atoms with E-state index in [0.29, 0.717) is 12.3 Å². The van der Waals surface area contributed by atoms with Gasteiger partial charge in [0.25, 0.3) is 0 Å². The fraction of sp³-hybridized carbons (Fsp3) is 0.500. The molecule has 1 aliphatic carbocycles. The Morgan fingerprint density at radius 3 is 2.80 bits per heavy atom. The largest absolute Gasteiger partial charge is 0.389 e. The van der Waals surface area contributed by atoms with Crippen molar-refractivity contribution in [3.8, 4) is 0 Å². The number of pyridine rings is 1. The van der Waals surface area contributed by atoms with Gasteiger partial charge in [0.2, 0.25) is 0 Å². The molecule has 2 aromatic rings. The molecule has 0 radical (unpaired) electrons. The van der Waals surface area contributed by atoms with Gasteiger partial charge >= 0.3 is 0 Å². The molecule has 2 nitrogen and oxygen atoms in total. The molecule has 1 aromatic heterocycles. The molecule has 1 aromatic carbocycles. The first-order valence-corrected chi connectivity index (χ1v) is 7.64. The van der Waals surface area contributed by atoms with Gasteiger partial charge in [-0.2, -0.15) is 0 Å². The zero-order chi connectivity index (χ0) is 14.2. The van der Waals surface area contributed by atoms with Crippen molar-refractivity contribution in [1.29, 1.82) is 0 Å². The van der Waals surface area contributed by atoms with E-state index in [1.54, 1.807) is 0 Å². The molecule has 20 heavy (non-hydrogen) atoms. The number of hydrogen-bond acceptors (Lipinski definition) is 2. The quantitative estimate of drug-likeness (QED) is 0.895. The molecule has 0 aliphatic heterocycles. The predicted molar refractivity (Wildman–Crippen MR) is 82.6 cm³/mol. The standard InChI is InChI=1S/C18H23NO/c1-13-9-10-18(20,14(2)11-13)12-16-8-7-15-5-3-4-6-17(15)19-16/h3-8,13-14,20H,9-12H2,1-2H3. The molecule has 0 amide bonds. The maximum Gasteiger partial charge on any atom is 0.0728 e. The summed E-state index contributed by atoms with van der Waals surface area (Å²) >= 11 is 0. The fourth-order valence-corrected chi connectivity index (χ4v) is 3.47. The number of aliphatic hydroxyl groups is 1. The lowest BCUT2D eigenvalue weighted by Crippen LogP contribution is -2.43. The third kappa shape index (κ3) is 2.57. The molecule has 3 unspecified atom stereocenters. The van der Waals surface area contributed by atoms with E-state index in [4.69, 9.17) is 4.98 Å². The molecule has 1 aliphatic rings. The number of benzene rings is 1. The Bertz CT molecular complexity index is 609. The summed E-state index contributed by atoms with van der Waals surface area (Å²) in [7, 11) is 0. The number of aromatic nitrogens is 1. The average molecular weight is 269 g/mol. The Morgan fingerprint density at radius 2 is 2.00 bits per heavy atom. The molecule has 0 saturated heterocycles. The highest BCUT2D eigenvalue weighted by Crippen LogP contribution is 2.38. The Balaban J connectivity index is 1.85. The summed E-state index contributed by atoms with van der Waals surface area (Å²) in [5.41, 5.74) is 1.44. The summed E-state index contributed by atoms with van der Waals surface area (Å²) in [5, 5.41) is 12.1.